The molecule has 3 atom stereocenters. The maximum Gasteiger partial charge on any atom is 0.408 e. The Morgan fingerprint density at radius 3 is 2.11 bits per heavy atom. The minimum atomic E-state index is -1.82. The monoisotopic (exact) mass is 545 g/mol. The maximum absolute atomic E-state index is 14.3. The number of benzene rings is 1. The van der Waals surface area contributed by atoms with E-state index in [1.165, 1.54) is 0 Å². The zero-order valence-corrected chi connectivity index (χ0v) is 22.2. The molecule has 0 aromatic heterocycles. The van der Waals surface area contributed by atoms with E-state index in [1.54, 1.807) is 41.5 Å². The van der Waals surface area contributed by atoms with Crippen LogP contribution in [0, 0.1) is 22.9 Å². The molecule has 1 saturated heterocycles. The second kappa shape index (κ2) is 11.1. The number of carbonyl (C=O) groups excluding carboxylic acids is 2. The molecule has 2 rings (SSSR count). The fraction of sp³-hybridized carbons (Fsp3) is 0.600. The van der Waals surface area contributed by atoms with Gasteiger partial charge in [-0.1, -0.05) is 20.8 Å². The van der Waals surface area contributed by atoms with Crippen molar-refractivity contribution in [1.82, 2.24) is 15.5 Å². The number of likely N-dealkylation sites (tertiary alicyclic amines) is 1. The standard InChI is InChI=1S/C25H34F3N3O7/c1-23(2,3)25(20(33)34)11-15(12-31(25)22(36)37)29-19(32)9-14(30-21(35)38-24(4,5)6)7-13-8-17(27)18(28)10-16(13)26/h8,10,14-15H,7,9,11-12H2,1-6H3,(H,29,32)(H,30,35)(H,33,34)(H,36,37)/t14-,15?,25?/m1/s1. The summed E-state index contributed by atoms with van der Waals surface area (Å²) in [6.07, 6.45) is -3.49. The van der Waals surface area contributed by atoms with Crippen LogP contribution < -0.4 is 10.6 Å². The molecule has 1 aromatic carbocycles. The van der Waals surface area contributed by atoms with Crippen LogP contribution in [0.1, 0.15) is 59.9 Å². The van der Waals surface area contributed by atoms with Crippen LogP contribution in [-0.4, -0.2) is 68.9 Å². The molecule has 13 heteroatoms. The van der Waals surface area contributed by atoms with Crippen LogP contribution in [-0.2, 0) is 20.7 Å². The van der Waals surface area contributed by atoms with Crippen LogP contribution in [0.25, 0.3) is 0 Å². The summed E-state index contributed by atoms with van der Waals surface area (Å²) in [5.74, 6) is -5.86. The average molecular weight is 546 g/mol. The van der Waals surface area contributed by atoms with Crippen molar-refractivity contribution >= 4 is 24.1 Å². The molecule has 0 bridgehead atoms. The molecule has 0 spiro atoms. The first-order valence-electron chi connectivity index (χ1n) is 11.9. The third-order valence-corrected chi connectivity index (χ3v) is 6.30. The maximum atomic E-state index is 14.3. The van der Waals surface area contributed by atoms with Crippen LogP contribution >= 0.6 is 0 Å². The largest absolute Gasteiger partial charge is 0.479 e. The van der Waals surface area contributed by atoms with Gasteiger partial charge in [-0.2, -0.15) is 0 Å². The number of nitrogens with zero attached hydrogens (tertiary/aromatic N) is 1. The number of carbonyl (C=O) groups is 4. The minimum Gasteiger partial charge on any atom is -0.479 e. The number of amides is 3. The highest BCUT2D eigenvalue weighted by molar-refractivity contribution is 5.86. The van der Waals surface area contributed by atoms with E-state index in [9.17, 15) is 42.6 Å². The molecule has 1 aromatic rings. The summed E-state index contributed by atoms with van der Waals surface area (Å²) in [5.41, 5.74) is -4.05. The lowest BCUT2D eigenvalue weighted by molar-refractivity contribution is -0.155. The Morgan fingerprint density at radius 1 is 1.05 bits per heavy atom. The van der Waals surface area contributed by atoms with Gasteiger partial charge in [-0.25, -0.2) is 27.6 Å². The summed E-state index contributed by atoms with van der Waals surface area (Å²) >= 11 is 0. The molecule has 1 fully saturated rings. The molecule has 0 aliphatic carbocycles. The number of carboxylic acids is 1. The minimum absolute atomic E-state index is 0.216. The SMILES string of the molecule is CC(C)(C)OC(=O)N[C@@H](CC(=O)NC1CN(C(=O)O)C(C(=O)O)(C(C)(C)C)C1)Cc1cc(F)c(F)cc1F. The molecule has 0 radical (unpaired) electrons. The van der Waals surface area contributed by atoms with Crippen molar-refractivity contribution in [3.8, 4) is 0 Å². The van der Waals surface area contributed by atoms with Gasteiger partial charge in [-0.3, -0.25) is 9.69 Å². The van der Waals surface area contributed by atoms with E-state index >= 15 is 0 Å². The topological polar surface area (TPSA) is 145 Å². The van der Waals surface area contributed by atoms with Crippen molar-refractivity contribution in [2.75, 3.05) is 6.54 Å². The number of halogens is 3. The molecule has 1 aliphatic rings. The van der Waals surface area contributed by atoms with E-state index in [-0.39, 0.29) is 18.5 Å². The number of rotatable bonds is 7. The quantitative estimate of drug-likeness (QED) is 0.383. The molecule has 2 unspecified atom stereocenters. The van der Waals surface area contributed by atoms with Gasteiger partial charge >= 0.3 is 18.2 Å². The number of hydrogen-bond donors (Lipinski definition) is 4. The summed E-state index contributed by atoms with van der Waals surface area (Å²) in [7, 11) is 0. The summed E-state index contributed by atoms with van der Waals surface area (Å²) in [4.78, 5) is 50.2. The number of aliphatic carboxylic acids is 1. The van der Waals surface area contributed by atoms with Gasteiger partial charge in [0.15, 0.2) is 17.2 Å². The highest BCUT2D eigenvalue weighted by Crippen LogP contribution is 2.44. The fourth-order valence-corrected chi connectivity index (χ4v) is 4.62. The lowest BCUT2D eigenvalue weighted by atomic mass is 9.71. The number of hydrogen-bond acceptors (Lipinski definition) is 5. The number of ether oxygens (including phenoxy) is 1. The second-order valence-electron chi connectivity index (χ2n) is 11.4. The van der Waals surface area contributed by atoms with Gasteiger partial charge in [0.25, 0.3) is 0 Å². The first-order valence-corrected chi connectivity index (χ1v) is 11.9. The molecular weight excluding hydrogens is 511 g/mol. The smallest absolute Gasteiger partial charge is 0.408 e. The Hall–Kier alpha value is -3.51. The zero-order valence-electron chi connectivity index (χ0n) is 22.2. The predicted octanol–water partition coefficient (Wildman–Crippen LogP) is 3.67. The number of nitrogens with one attached hydrogen (secondary N) is 2. The van der Waals surface area contributed by atoms with Crippen molar-refractivity contribution < 1.29 is 47.3 Å². The Kier molecular flexibility index (Phi) is 8.95. The second-order valence-corrected chi connectivity index (χ2v) is 11.4. The molecular formula is C25H34F3N3O7. The van der Waals surface area contributed by atoms with Crippen LogP contribution in [0.3, 0.4) is 0 Å². The normalized spacial score (nSPS) is 20.6. The van der Waals surface area contributed by atoms with Crippen molar-refractivity contribution in [1.29, 1.82) is 0 Å². The Morgan fingerprint density at radius 2 is 1.63 bits per heavy atom. The molecule has 0 saturated carbocycles. The van der Waals surface area contributed by atoms with E-state index in [4.69, 9.17) is 4.74 Å². The van der Waals surface area contributed by atoms with Gasteiger partial charge in [0.05, 0.1) is 0 Å². The average Bonchev–Trinajstić information content (AvgIpc) is 3.11. The van der Waals surface area contributed by atoms with Gasteiger partial charge in [0.2, 0.25) is 5.91 Å². The van der Waals surface area contributed by atoms with E-state index in [0.29, 0.717) is 12.1 Å². The number of carboxylic acid groups (broad SMARTS) is 2. The zero-order chi connectivity index (χ0) is 29.2. The molecule has 4 N–H and O–H groups in total. The van der Waals surface area contributed by atoms with Gasteiger partial charge in [-0.15, -0.1) is 0 Å². The van der Waals surface area contributed by atoms with Crippen LogP contribution in [0.2, 0.25) is 0 Å². The molecule has 10 nitrogen and oxygen atoms in total. The van der Waals surface area contributed by atoms with Crippen molar-refractivity contribution in [3.63, 3.8) is 0 Å². The fourth-order valence-electron chi connectivity index (χ4n) is 4.62. The van der Waals surface area contributed by atoms with Crippen LogP contribution in [0.4, 0.5) is 22.8 Å². The highest BCUT2D eigenvalue weighted by Gasteiger charge is 2.60. The van der Waals surface area contributed by atoms with E-state index in [2.05, 4.69) is 10.6 Å². The Labute approximate surface area is 218 Å². The summed E-state index contributed by atoms with van der Waals surface area (Å²) < 4.78 is 46.6. The van der Waals surface area contributed by atoms with Gasteiger partial charge in [0, 0.05) is 37.5 Å². The van der Waals surface area contributed by atoms with Crippen molar-refractivity contribution in [2.24, 2.45) is 5.41 Å². The van der Waals surface area contributed by atoms with Crippen LogP contribution in [0.5, 0.6) is 0 Å². The summed E-state index contributed by atoms with van der Waals surface area (Å²) in [6, 6.07) is -1.03. The first kappa shape index (κ1) is 30.7. The molecule has 38 heavy (non-hydrogen) atoms. The van der Waals surface area contributed by atoms with Crippen LogP contribution in [0.15, 0.2) is 12.1 Å². The molecule has 212 valence electrons. The van der Waals surface area contributed by atoms with E-state index < -0.39 is 83.0 Å². The van der Waals surface area contributed by atoms with Crippen molar-refractivity contribution in [2.45, 2.75) is 84.0 Å². The van der Waals surface area contributed by atoms with E-state index in [1.807, 2.05) is 0 Å². The summed E-state index contributed by atoms with van der Waals surface area (Å²) in [6.45, 7) is 9.24. The lowest BCUT2D eigenvalue weighted by Crippen LogP contribution is -2.60. The van der Waals surface area contributed by atoms with Gasteiger partial charge < -0.3 is 25.6 Å². The third kappa shape index (κ3) is 7.07. The molecule has 1 heterocycles. The predicted molar refractivity (Wildman–Crippen MR) is 129 cm³/mol. The first-order chi connectivity index (χ1) is 17.3. The van der Waals surface area contributed by atoms with Gasteiger partial charge in [0.1, 0.15) is 11.4 Å². The highest BCUT2D eigenvalue weighted by atomic mass is 19.2. The van der Waals surface area contributed by atoms with E-state index in [0.717, 1.165) is 4.90 Å². The van der Waals surface area contributed by atoms with Gasteiger partial charge in [-0.05, 0) is 44.2 Å². The lowest BCUT2D eigenvalue weighted by Gasteiger charge is -2.43. The Bertz CT molecular complexity index is 1100. The molecule has 3 amide bonds. The molecule has 1 aliphatic heterocycles. The number of alkyl carbamates (subject to hydrolysis) is 1. The summed E-state index contributed by atoms with van der Waals surface area (Å²) in [5, 5.41) is 24.7. The Balaban J connectivity index is 2.26. The van der Waals surface area contributed by atoms with Crippen molar-refractivity contribution in [3.05, 3.63) is 35.1 Å². The third-order valence-electron chi connectivity index (χ3n) is 6.30.